The Hall–Kier alpha value is -2.16. The van der Waals surface area contributed by atoms with Crippen LogP contribution in [0.25, 0.3) is 4.96 Å². The van der Waals surface area contributed by atoms with Gasteiger partial charge in [0.2, 0.25) is 11.7 Å². The van der Waals surface area contributed by atoms with Crippen molar-refractivity contribution in [2.45, 2.75) is 12.8 Å². The van der Waals surface area contributed by atoms with Crippen LogP contribution in [-0.4, -0.2) is 44.7 Å². The van der Waals surface area contributed by atoms with Gasteiger partial charge in [-0.1, -0.05) is 11.3 Å². The molecule has 0 aliphatic carbocycles. The number of likely N-dealkylation sites (tertiary alicyclic amines) is 1. The van der Waals surface area contributed by atoms with Crippen LogP contribution in [0, 0.1) is 10.1 Å². The maximum absolute atomic E-state index is 11.9. The fourth-order valence-corrected chi connectivity index (χ4v) is 3.01. The summed E-state index contributed by atoms with van der Waals surface area (Å²) in [5, 5.41) is 15.6. The van der Waals surface area contributed by atoms with Crippen LogP contribution in [0.2, 0.25) is 0 Å². The molecule has 9 heteroatoms. The van der Waals surface area contributed by atoms with E-state index in [1.165, 1.54) is 15.7 Å². The number of nitrogens with zero attached hydrogens (tertiary/aromatic N) is 4. The molecule has 1 saturated heterocycles. The van der Waals surface area contributed by atoms with Crippen molar-refractivity contribution < 1.29 is 9.72 Å². The van der Waals surface area contributed by atoms with E-state index < -0.39 is 4.92 Å². The van der Waals surface area contributed by atoms with E-state index in [1.807, 2.05) is 0 Å². The molecule has 1 aliphatic rings. The highest BCUT2D eigenvalue weighted by molar-refractivity contribution is 7.15. The second-order valence-corrected chi connectivity index (χ2v) is 5.41. The Bertz CT molecular complexity index is 658. The Morgan fingerprint density at radius 2 is 2.25 bits per heavy atom. The summed E-state index contributed by atoms with van der Waals surface area (Å²) >= 11 is 1.31. The minimum absolute atomic E-state index is 0.0334. The minimum atomic E-state index is -0.491. The van der Waals surface area contributed by atoms with Crippen LogP contribution in [0.3, 0.4) is 0 Å². The van der Waals surface area contributed by atoms with E-state index in [1.54, 1.807) is 16.5 Å². The maximum atomic E-state index is 11.9. The van der Waals surface area contributed by atoms with Crippen molar-refractivity contribution in [1.29, 1.82) is 0 Å². The zero-order valence-corrected chi connectivity index (χ0v) is 11.4. The molecule has 1 N–H and O–H groups in total. The van der Waals surface area contributed by atoms with Gasteiger partial charge >= 0.3 is 5.82 Å². The summed E-state index contributed by atoms with van der Waals surface area (Å²) in [6, 6.07) is 0. The number of fused-ring (bicyclic) bond motifs is 1. The second-order valence-electron chi connectivity index (χ2n) is 4.54. The lowest BCUT2D eigenvalue weighted by Gasteiger charge is -2.15. The third-order valence-electron chi connectivity index (χ3n) is 3.28. The molecule has 20 heavy (non-hydrogen) atoms. The number of hydrogen-bond donors (Lipinski definition) is 1. The Balaban J connectivity index is 1.76. The van der Waals surface area contributed by atoms with Crippen LogP contribution >= 0.6 is 11.3 Å². The molecule has 8 nitrogen and oxygen atoms in total. The number of amides is 1. The average Bonchev–Trinajstić information content (AvgIpc) is 3.10. The number of thiazole rings is 1. The average molecular weight is 295 g/mol. The number of nitro groups is 1. The number of aromatic nitrogens is 2. The van der Waals surface area contributed by atoms with E-state index in [2.05, 4.69) is 10.3 Å². The smallest absolute Gasteiger partial charge is 0.358 e. The first-order valence-electron chi connectivity index (χ1n) is 6.28. The molecule has 2 aromatic rings. The highest BCUT2D eigenvalue weighted by Crippen LogP contribution is 2.27. The molecule has 0 spiro atoms. The normalized spacial score (nSPS) is 14.9. The van der Waals surface area contributed by atoms with Crippen LogP contribution < -0.4 is 5.32 Å². The Labute approximate surface area is 118 Å². The van der Waals surface area contributed by atoms with Gasteiger partial charge in [-0.05, 0) is 17.8 Å². The Morgan fingerprint density at radius 1 is 1.50 bits per heavy atom. The van der Waals surface area contributed by atoms with Crippen molar-refractivity contribution in [1.82, 2.24) is 14.3 Å². The first-order chi connectivity index (χ1) is 9.66. The molecule has 106 valence electrons. The molecule has 1 aliphatic heterocycles. The van der Waals surface area contributed by atoms with Gasteiger partial charge in [0, 0.05) is 18.5 Å². The lowest BCUT2D eigenvalue weighted by Crippen LogP contribution is -2.33. The molecule has 2 aromatic heterocycles. The maximum Gasteiger partial charge on any atom is 0.372 e. The summed E-state index contributed by atoms with van der Waals surface area (Å²) in [6.45, 7) is 1.56. The SMILES string of the molecule is O=C(CNc1nc2sccn2c1[N+](=O)[O-])N1CCCC1. The quantitative estimate of drug-likeness (QED) is 0.678. The van der Waals surface area contributed by atoms with Gasteiger partial charge in [-0.15, -0.1) is 0 Å². The van der Waals surface area contributed by atoms with Gasteiger partial charge in [-0.2, -0.15) is 9.38 Å². The lowest BCUT2D eigenvalue weighted by molar-refractivity contribution is -0.389. The number of carbonyl (C=O) groups is 1. The Kier molecular flexibility index (Phi) is 3.26. The van der Waals surface area contributed by atoms with Crippen LogP contribution in [0.4, 0.5) is 11.6 Å². The zero-order chi connectivity index (χ0) is 14.1. The molecule has 1 amide bonds. The molecular weight excluding hydrogens is 282 g/mol. The molecule has 3 heterocycles. The van der Waals surface area contributed by atoms with E-state index in [0.717, 1.165) is 25.9 Å². The standard InChI is InChI=1S/C11H13N5O3S/c17-8(14-3-1-2-4-14)7-12-9-10(16(18)19)15-5-6-20-11(15)13-9/h5-6,12H,1-4,7H2. The van der Waals surface area contributed by atoms with Crippen molar-refractivity contribution in [3.8, 4) is 0 Å². The van der Waals surface area contributed by atoms with Gasteiger partial charge in [0.05, 0.1) is 6.54 Å². The number of carbonyl (C=O) groups excluding carboxylic acids is 1. The van der Waals surface area contributed by atoms with E-state index >= 15 is 0 Å². The van der Waals surface area contributed by atoms with Crippen LogP contribution in [0.5, 0.6) is 0 Å². The van der Waals surface area contributed by atoms with E-state index in [-0.39, 0.29) is 24.1 Å². The van der Waals surface area contributed by atoms with E-state index in [4.69, 9.17) is 0 Å². The highest BCUT2D eigenvalue weighted by Gasteiger charge is 2.25. The summed E-state index contributed by atoms with van der Waals surface area (Å²) in [5.74, 6) is -0.0296. The number of imidazole rings is 1. The van der Waals surface area contributed by atoms with E-state index in [0.29, 0.717) is 4.96 Å². The zero-order valence-electron chi connectivity index (χ0n) is 10.6. The highest BCUT2D eigenvalue weighted by atomic mass is 32.1. The van der Waals surface area contributed by atoms with Crippen molar-refractivity contribution in [3.63, 3.8) is 0 Å². The number of anilines is 1. The second kappa shape index (κ2) is 5.08. The number of hydrogen-bond acceptors (Lipinski definition) is 6. The van der Waals surface area contributed by atoms with Crippen LogP contribution in [-0.2, 0) is 4.79 Å². The van der Waals surface area contributed by atoms with Gasteiger partial charge in [0.15, 0.2) is 0 Å². The lowest BCUT2D eigenvalue weighted by atomic mass is 10.4. The molecule has 0 atom stereocenters. The van der Waals surface area contributed by atoms with Crippen molar-refractivity contribution in [2.75, 3.05) is 25.0 Å². The van der Waals surface area contributed by atoms with Crippen molar-refractivity contribution in [3.05, 3.63) is 21.7 Å². The summed E-state index contributed by atoms with van der Waals surface area (Å²) in [7, 11) is 0. The summed E-state index contributed by atoms with van der Waals surface area (Å²) < 4.78 is 1.41. The first-order valence-corrected chi connectivity index (χ1v) is 7.16. The first kappa shape index (κ1) is 12.9. The van der Waals surface area contributed by atoms with Crippen molar-refractivity contribution in [2.24, 2.45) is 0 Å². The third-order valence-corrected chi connectivity index (χ3v) is 4.03. The van der Waals surface area contributed by atoms with Gasteiger partial charge in [-0.3, -0.25) is 4.79 Å². The predicted octanol–water partition coefficient (Wildman–Crippen LogP) is 1.34. The number of nitrogens with one attached hydrogen (secondary N) is 1. The fourth-order valence-electron chi connectivity index (χ4n) is 2.30. The largest absolute Gasteiger partial charge is 0.372 e. The van der Waals surface area contributed by atoms with Gasteiger partial charge in [0.25, 0.3) is 4.96 Å². The van der Waals surface area contributed by atoms with Gasteiger partial charge in [0.1, 0.15) is 6.20 Å². The third kappa shape index (κ3) is 2.20. The summed E-state index contributed by atoms with van der Waals surface area (Å²) in [6.07, 6.45) is 3.64. The molecule has 3 rings (SSSR count). The molecule has 0 bridgehead atoms. The molecule has 0 unspecified atom stereocenters. The van der Waals surface area contributed by atoms with Crippen LogP contribution in [0.15, 0.2) is 11.6 Å². The molecule has 1 fully saturated rings. The van der Waals surface area contributed by atoms with Crippen molar-refractivity contribution >= 4 is 33.8 Å². The monoisotopic (exact) mass is 295 g/mol. The topological polar surface area (TPSA) is 92.8 Å². The number of rotatable bonds is 4. The fraction of sp³-hybridized carbons (Fsp3) is 0.455. The van der Waals surface area contributed by atoms with Gasteiger partial charge < -0.3 is 20.3 Å². The predicted molar refractivity (Wildman–Crippen MR) is 74.0 cm³/mol. The molecule has 0 radical (unpaired) electrons. The van der Waals surface area contributed by atoms with Gasteiger partial charge in [-0.25, -0.2) is 0 Å². The molecule has 0 saturated carbocycles. The molecular formula is C11H13N5O3S. The summed E-state index contributed by atoms with van der Waals surface area (Å²) in [4.78, 5) is 29.0. The van der Waals surface area contributed by atoms with Crippen LogP contribution in [0.1, 0.15) is 12.8 Å². The Morgan fingerprint density at radius 3 is 2.95 bits per heavy atom. The minimum Gasteiger partial charge on any atom is -0.358 e. The van der Waals surface area contributed by atoms with E-state index in [9.17, 15) is 14.9 Å². The summed E-state index contributed by atoms with van der Waals surface area (Å²) in [5.41, 5.74) is 0. The molecule has 0 aromatic carbocycles.